The van der Waals surface area contributed by atoms with E-state index >= 15 is 0 Å². The largest absolute Gasteiger partial charge is 0.508 e. The first-order valence-electron chi connectivity index (χ1n) is 4.03. The van der Waals surface area contributed by atoms with Crippen molar-refractivity contribution in [3.8, 4) is 17.2 Å². The van der Waals surface area contributed by atoms with E-state index in [9.17, 15) is 10.2 Å². The maximum atomic E-state index is 9.45. The fourth-order valence-corrected chi connectivity index (χ4v) is 1.38. The lowest BCUT2D eigenvalue weighted by atomic mass is 10.1. The van der Waals surface area contributed by atoms with Gasteiger partial charge in [0, 0.05) is 23.9 Å². The van der Waals surface area contributed by atoms with Crippen molar-refractivity contribution < 1.29 is 15.3 Å². The number of nitrogens with zero attached hydrogens (tertiary/aromatic N) is 1. The zero-order valence-electron chi connectivity index (χ0n) is 7.53. The molecule has 0 aliphatic rings. The van der Waals surface area contributed by atoms with E-state index in [1.165, 1.54) is 0 Å². The fourth-order valence-electron chi connectivity index (χ4n) is 1.17. The van der Waals surface area contributed by atoms with Gasteiger partial charge in [-0.1, -0.05) is 6.92 Å². The number of hydrogen-bond donors (Lipinski definition) is 3. The minimum Gasteiger partial charge on any atom is -0.508 e. The van der Waals surface area contributed by atoms with Gasteiger partial charge in [0.15, 0.2) is 0 Å². The van der Waals surface area contributed by atoms with Gasteiger partial charge in [-0.25, -0.2) is 0 Å². The predicted molar refractivity (Wildman–Crippen MR) is 54.1 cm³/mol. The summed E-state index contributed by atoms with van der Waals surface area (Å²) in [6, 6.07) is 2.24. The van der Waals surface area contributed by atoms with E-state index in [4.69, 9.17) is 16.9 Å². The Morgan fingerprint density at radius 3 is 2.14 bits per heavy atom. The molecule has 0 spiro atoms. The number of hydrogen-bond acceptors (Lipinski definition) is 4. The van der Waals surface area contributed by atoms with Crippen LogP contribution < -0.4 is 0 Å². The molecule has 1 aromatic carbocycles. The van der Waals surface area contributed by atoms with Gasteiger partial charge < -0.3 is 15.3 Å². The van der Waals surface area contributed by atoms with Crippen LogP contribution in [0.1, 0.15) is 18.9 Å². The molecule has 76 valence electrons. The molecule has 1 rings (SSSR count). The van der Waals surface area contributed by atoms with Crippen LogP contribution in [0.5, 0.6) is 17.2 Å². The summed E-state index contributed by atoms with van der Waals surface area (Å²) < 4.78 is 3.42. The summed E-state index contributed by atoms with van der Waals surface area (Å²) in [6.45, 7) is 1.78. The minimum atomic E-state index is -0.247. The molecular weight excluding hydrogens is 206 g/mol. The second kappa shape index (κ2) is 4.19. The topological polar surface area (TPSA) is 73.1 Å². The van der Waals surface area contributed by atoms with E-state index in [-0.39, 0.29) is 22.8 Å². The minimum absolute atomic E-state index is 0.153. The molecule has 0 amide bonds. The van der Waals surface area contributed by atoms with E-state index in [1.807, 2.05) is 0 Å². The summed E-state index contributed by atoms with van der Waals surface area (Å²) in [5.41, 5.74) is 0.516. The first kappa shape index (κ1) is 10.7. The van der Waals surface area contributed by atoms with Gasteiger partial charge in [-0.3, -0.25) is 0 Å². The highest BCUT2D eigenvalue weighted by Gasteiger charge is 2.14. The SMILES string of the molecule is CC/C(=N\Cl)c1c(O)cc(O)cc1O. The Hall–Kier alpha value is -1.42. The van der Waals surface area contributed by atoms with E-state index in [0.29, 0.717) is 12.1 Å². The Balaban J connectivity index is 3.34. The van der Waals surface area contributed by atoms with E-state index in [1.54, 1.807) is 6.92 Å². The Bertz CT molecular complexity index is 353. The molecule has 0 atom stereocenters. The molecule has 3 N–H and O–H groups in total. The first-order chi connectivity index (χ1) is 6.60. The fraction of sp³-hybridized carbons (Fsp3) is 0.222. The van der Waals surface area contributed by atoms with Crippen LogP contribution in [0.4, 0.5) is 0 Å². The highest BCUT2D eigenvalue weighted by Crippen LogP contribution is 2.33. The first-order valence-corrected chi connectivity index (χ1v) is 4.37. The van der Waals surface area contributed by atoms with Crippen molar-refractivity contribution in [2.45, 2.75) is 13.3 Å². The molecule has 0 saturated carbocycles. The van der Waals surface area contributed by atoms with Gasteiger partial charge in [0.05, 0.1) is 11.3 Å². The molecule has 0 aliphatic carbocycles. The molecule has 0 radical (unpaired) electrons. The molecule has 5 heteroatoms. The third-order valence-corrected chi connectivity index (χ3v) is 2.01. The van der Waals surface area contributed by atoms with E-state index in [0.717, 1.165) is 12.1 Å². The highest BCUT2D eigenvalue weighted by atomic mass is 35.5. The maximum Gasteiger partial charge on any atom is 0.132 e. The van der Waals surface area contributed by atoms with Gasteiger partial charge in [0.2, 0.25) is 0 Å². The molecule has 4 nitrogen and oxygen atoms in total. The number of phenolic OH excluding ortho intramolecular Hbond substituents is 3. The van der Waals surface area contributed by atoms with Crippen LogP contribution in [0, 0.1) is 0 Å². The normalized spacial score (nSPS) is 11.7. The Morgan fingerprint density at radius 1 is 1.29 bits per heavy atom. The number of benzene rings is 1. The molecule has 14 heavy (non-hydrogen) atoms. The monoisotopic (exact) mass is 215 g/mol. The van der Waals surface area contributed by atoms with Gasteiger partial charge in [0.1, 0.15) is 17.2 Å². The molecule has 0 unspecified atom stereocenters. The molecular formula is C9H10ClNO3. The molecule has 0 saturated heterocycles. The van der Waals surface area contributed by atoms with Crippen LogP contribution >= 0.6 is 11.8 Å². The number of halogens is 1. The summed E-state index contributed by atoms with van der Waals surface area (Å²) in [4.78, 5) is 0. The zero-order chi connectivity index (χ0) is 10.7. The Morgan fingerprint density at radius 2 is 1.79 bits per heavy atom. The van der Waals surface area contributed by atoms with Crippen LogP contribution in [-0.2, 0) is 0 Å². The van der Waals surface area contributed by atoms with Crippen molar-refractivity contribution in [3.05, 3.63) is 17.7 Å². The van der Waals surface area contributed by atoms with E-state index in [2.05, 4.69) is 4.51 Å². The number of rotatable bonds is 2. The molecule has 0 bridgehead atoms. The van der Waals surface area contributed by atoms with Crippen LogP contribution in [0.15, 0.2) is 16.6 Å². The Labute approximate surface area is 86.2 Å². The second-order valence-electron chi connectivity index (χ2n) is 2.74. The van der Waals surface area contributed by atoms with Crippen LogP contribution in [-0.4, -0.2) is 21.0 Å². The molecule has 0 heterocycles. The quantitative estimate of drug-likeness (QED) is 0.662. The second-order valence-corrected chi connectivity index (χ2v) is 2.91. The lowest BCUT2D eigenvalue weighted by molar-refractivity contribution is 0.426. The average Bonchev–Trinajstić information content (AvgIpc) is 2.10. The molecule has 0 fully saturated rings. The third kappa shape index (κ3) is 1.90. The summed E-state index contributed by atoms with van der Waals surface area (Å²) in [5.74, 6) is -0.707. The summed E-state index contributed by atoms with van der Waals surface area (Å²) in [6.07, 6.45) is 0.468. The van der Waals surface area contributed by atoms with Gasteiger partial charge in [-0.15, -0.1) is 0 Å². The third-order valence-electron chi connectivity index (χ3n) is 1.81. The zero-order valence-corrected chi connectivity index (χ0v) is 8.28. The van der Waals surface area contributed by atoms with Crippen molar-refractivity contribution in [1.82, 2.24) is 0 Å². The molecule has 0 aromatic heterocycles. The van der Waals surface area contributed by atoms with Crippen LogP contribution in [0.25, 0.3) is 0 Å². The number of phenols is 3. The van der Waals surface area contributed by atoms with Gasteiger partial charge in [-0.2, -0.15) is 4.51 Å². The smallest absolute Gasteiger partial charge is 0.132 e. The Kier molecular flexibility index (Phi) is 3.19. The summed E-state index contributed by atoms with van der Waals surface area (Å²) in [7, 11) is 0. The summed E-state index contributed by atoms with van der Waals surface area (Å²) in [5, 5.41) is 27.9. The van der Waals surface area contributed by atoms with Gasteiger partial charge >= 0.3 is 0 Å². The predicted octanol–water partition coefficient (Wildman–Crippen LogP) is 2.16. The van der Waals surface area contributed by atoms with Crippen molar-refractivity contribution in [2.24, 2.45) is 4.51 Å². The lowest BCUT2D eigenvalue weighted by Crippen LogP contribution is -1.98. The van der Waals surface area contributed by atoms with Crippen molar-refractivity contribution in [1.29, 1.82) is 0 Å². The van der Waals surface area contributed by atoms with Crippen molar-refractivity contribution in [3.63, 3.8) is 0 Å². The lowest BCUT2D eigenvalue weighted by Gasteiger charge is -2.07. The van der Waals surface area contributed by atoms with Crippen molar-refractivity contribution >= 4 is 17.5 Å². The van der Waals surface area contributed by atoms with Crippen molar-refractivity contribution in [2.75, 3.05) is 0 Å². The van der Waals surface area contributed by atoms with E-state index < -0.39 is 0 Å². The van der Waals surface area contributed by atoms with Crippen LogP contribution in [0.2, 0.25) is 0 Å². The van der Waals surface area contributed by atoms with Gasteiger partial charge in [0.25, 0.3) is 0 Å². The summed E-state index contributed by atoms with van der Waals surface area (Å²) >= 11 is 5.29. The van der Waals surface area contributed by atoms with Crippen LogP contribution in [0.3, 0.4) is 0 Å². The van der Waals surface area contributed by atoms with Gasteiger partial charge in [-0.05, 0) is 6.42 Å². The maximum absolute atomic E-state index is 9.45. The molecule has 1 aromatic rings. The standard InChI is InChI=1S/C9H10ClNO3/c1-2-6(11-10)9-7(13)3-5(12)4-8(9)14/h3-4,12-14H,2H2,1H3/b11-6+. The number of aromatic hydroxyl groups is 3. The highest BCUT2D eigenvalue weighted by molar-refractivity contribution is 6.23. The average molecular weight is 216 g/mol. The molecule has 0 aliphatic heterocycles.